The number of aldehydes is 1. The molecule has 2 aromatic heterocycles. The fourth-order valence-electron chi connectivity index (χ4n) is 1.73. The van der Waals surface area contributed by atoms with Gasteiger partial charge in [-0.25, -0.2) is 4.98 Å². The Morgan fingerprint density at radius 1 is 1.26 bits per heavy atom. The van der Waals surface area contributed by atoms with Gasteiger partial charge in [0.15, 0.2) is 6.29 Å². The summed E-state index contributed by atoms with van der Waals surface area (Å²) in [5.41, 5.74) is 2.99. The second-order valence-electron chi connectivity index (χ2n) is 3.97. The van der Waals surface area contributed by atoms with Gasteiger partial charge in [0.1, 0.15) is 5.69 Å². The van der Waals surface area contributed by atoms with E-state index in [1.165, 1.54) is 11.3 Å². The Balaban J connectivity index is 2.02. The van der Waals surface area contributed by atoms with Crippen molar-refractivity contribution in [3.05, 3.63) is 47.1 Å². The molecule has 3 aromatic rings. The molecule has 0 unspecified atom stereocenters. The van der Waals surface area contributed by atoms with Crippen LogP contribution >= 0.6 is 11.3 Å². The Bertz CT molecular complexity index is 717. The molecule has 0 spiro atoms. The van der Waals surface area contributed by atoms with Crippen molar-refractivity contribution in [2.75, 3.05) is 0 Å². The summed E-state index contributed by atoms with van der Waals surface area (Å²) in [6.07, 6.45) is 0.699. The van der Waals surface area contributed by atoms with Crippen LogP contribution in [0.2, 0.25) is 0 Å². The molecule has 0 saturated heterocycles. The second-order valence-corrected chi connectivity index (χ2v) is 4.81. The third kappa shape index (κ3) is 2.06. The van der Waals surface area contributed by atoms with Crippen molar-refractivity contribution in [1.29, 1.82) is 0 Å². The third-order valence-electron chi connectivity index (χ3n) is 2.78. The molecule has 2 heterocycles. The molecular weight excluding hydrogens is 260 g/mol. The molecule has 0 amide bonds. The zero-order chi connectivity index (χ0) is 13.2. The summed E-state index contributed by atoms with van der Waals surface area (Å²) in [5, 5.41) is 10.4. The number of carbonyl (C=O) groups excluding carboxylic acids is 1. The Morgan fingerprint density at radius 3 is 2.74 bits per heavy atom. The van der Waals surface area contributed by atoms with Gasteiger partial charge in [0.05, 0.1) is 11.4 Å². The van der Waals surface area contributed by atoms with Gasteiger partial charge < -0.3 is 0 Å². The maximum atomic E-state index is 10.8. The smallest absolute Gasteiger partial charge is 0.212 e. The highest BCUT2D eigenvalue weighted by molar-refractivity contribution is 7.12. The van der Waals surface area contributed by atoms with Crippen LogP contribution in [0, 0.1) is 6.92 Å². The maximum Gasteiger partial charge on any atom is 0.212 e. The molecule has 5 nitrogen and oxygen atoms in total. The molecule has 6 heteroatoms. The van der Waals surface area contributed by atoms with Crippen molar-refractivity contribution in [2.45, 2.75) is 6.92 Å². The minimum atomic E-state index is 0.344. The lowest BCUT2D eigenvalue weighted by Gasteiger charge is -1.97. The van der Waals surface area contributed by atoms with E-state index in [4.69, 9.17) is 0 Å². The quantitative estimate of drug-likeness (QED) is 0.686. The van der Waals surface area contributed by atoms with Crippen LogP contribution in [0.3, 0.4) is 0 Å². The first kappa shape index (κ1) is 11.7. The minimum Gasteiger partial charge on any atom is -0.296 e. The van der Waals surface area contributed by atoms with Gasteiger partial charge in [0.2, 0.25) is 5.13 Å². The van der Waals surface area contributed by atoms with Gasteiger partial charge in [0, 0.05) is 10.9 Å². The Kier molecular flexibility index (Phi) is 2.92. The largest absolute Gasteiger partial charge is 0.296 e. The van der Waals surface area contributed by atoms with E-state index in [1.54, 1.807) is 11.6 Å². The molecule has 0 radical (unpaired) electrons. The number of hydrogen-bond acceptors (Lipinski definition) is 5. The zero-order valence-electron chi connectivity index (χ0n) is 10.1. The molecule has 0 atom stereocenters. The van der Waals surface area contributed by atoms with Crippen LogP contribution in [0.5, 0.6) is 0 Å². The average molecular weight is 270 g/mol. The molecule has 0 aliphatic carbocycles. The molecule has 3 rings (SSSR count). The fourth-order valence-corrected chi connectivity index (χ4v) is 2.56. The average Bonchev–Trinajstić information content (AvgIpc) is 3.06. The summed E-state index contributed by atoms with van der Waals surface area (Å²) in [6.45, 7) is 1.80. The highest BCUT2D eigenvalue weighted by Crippen LogP contribution is 2.24. The second kappa shape index (κ2) is 4.74. The van der Waals surface area contributed by atoms with Gasteiger partial charge >= 0.3 is 0 Å². The maximum absolute atomic E-state index is 10.8. The van der Waals surface area contributed by atoms with E-state index in [-0.39, 0.29) is 0 Å². The van der Waals surface area contributed by atoms with Crippen molar-refractivity contribution >= 4 is 17.6 Å². The first-order chi connectivity index (χ1) is 9.29. The predicted molar refractivity (Wildman–Crippen MR) is 72.6 cm³/mol. The van der Waals surface area contributed by atoms with E-state index < -0.39 is 0 Å². The number of rotatable bonds is 3. The minimum absolute atomic E-state index is 0.344. The Labute approximate surface area is 113 Å². The molecule has 0 saturated carbocycles. The van der Waals surface area contributed by atoms with Crippen molar-refractivity contribution in [2.24, 2.45) is 0 Å². The number of hydrogen-bond donors (Lipinski definition) is 0. The third-order valence-corrected chi connectivity index (χ3v) is 3.60. The lowest BCUT2D eigenvalue weighted by Crippen LogP contribution is -1.98. The molecular formula is C13H10N4OS. The molecule has 0 bridgehead atoms. The SMILES string of the molecule is Cc1c(C=O)nnn1-c1nc(-c2ccccc2)cs1. The van der Waals surface area contributed by atoms with Crippen LogP contribution < -0.4 is 0 Å². The van der Waals surface area contributed by atoms with Gasteiger partial charge in [0.25, 0.3) is 0 Å². The highest BCUT2D eigenvalue weighted by Gasteiger charge is 2.12. The van der Waals surface area contributed by atoms with E-state index in [0.29, 0.717) is 22.8 Å². The van der Waals surface area contributed by atoms with Crippen LogP contribution in [0.25, 0.3) is 16.4 Å². The van der Waals surface area contributed by atoms with Gasteiger partial charge in [-0.2, -0.15) is 4.68 Å². The van der Waals surface area contributed by atoms with Crippen LogP contribution in [0.4, 0.5) is 0 Å². The normalized spacial score (nSPS) is 10.6. The molecule has 19 heavy (non-hydrogen) atoms. The van der Waals surface area contributed by atoms with E-state index in [9.17, 15) is 4.79 Å². The number of benzene rings is 1. The summed E-state index contributed by atoms with van der Waals surface area (Å²) in [6, 6.07) is 9.92. The summed E-state index contributed by atoms with van der Waals surface area (Å²) >= 11 is 1.47. The molecule has 0 N–H and O–H groups in total. The van der Waals surface area contributed by atoms with Crippen molar-refractivity contribution in [3.8, 4) is 16.4 Å². The Morgan fingerprint density at radius 2 is 2.05 bits per heavy atom. The van der Waals surface area contributed by atoms with Gasteiger partial charge in [-0.3, -0.25) is 4.79 Å². The highest BCUT2D eigenvalue weighted by atomic mass is 32.1. The predicted octanol–water partition coefficient (Wildman–Crippen LogP) is 2.51. The van der Waals surface area contributed by atoms with Crippen LogP contribution in [0.15, 0.2) is 35.7 Å². The lowest BCUT2D eigenvalue weighted by atomic mass is 10.2. The number of nitrogens with zero attached hydrogens (tertiary/aromatic N) is 4. The monoisotopic (exact) mass is 270 g/mol. The Hall–Kier alpha value is -2.34. The van der Waals surface area contributed by atoms with Gasteiger partial charge in [-0.05, 0) is 6.92 Å². The molecule has 1 aromatic carbocycles. The molecule has 0 fully saturated rings. The molecule has 94 valence electrons. The van der Waals surface area contributed by atoms with Gasteiger partial charge in [-0.1, -0.05) is 35.5 Å². The fraction of sp³-hybridized carbons (Fsp3) is 0.0769. The van der Waals surface area contributed by atoms with Crippen molar-refractivity contribution in [1.82, 2.24) is 20.0 Å². The van der Waals surface area contributed by atoms with Gasteiger partial charge in [-0.15, -0.1) is 16.4 Å². The van der Waals surface area contributed by atoms with Crippen molar-refractivity contribution < 1.29 is 4.79 Å². The van der Waals surface area contributed by atoms with E-state index in [0.717, 1.165) is 11.3 Å². The standard InChI is InChI=1S/C13H10N4OS/c1-9-11(7-18)15-16-17(9)13-14-12(8-19-13)10-5-3-2-4-6-10/h2-8H,1H3. The van der Waals surface area contributed by atoms with Crippen LogP contribution in [-0.2, 0) is 0 Å². The van der Waals surface area contributed by atoms with Crippen LogP contribution in [-0.4, -0.2) is 26.3 Å². The summed E-state index contributed by atoms with van der Waals surface area (Å²) in [4.78, 5) is 15.3. The summed E-state index contributed by atoms with van der Waals surface area (Å²) < 4.78 is 1.58. The number of carbonyl (C=O) groups is 1. The van der Waals surface area contributed by atoms with E-state index >= 15 is 0 Å². The van der Waals surface area contributed by atoms with Crippen molar-refractivity contribution in [3.63, 3.8) is 0 Å². The number of aromatic nitrogens is 4. The summed E-state index contributed by atoms with van der Waals surface area (Å²) in [7, 11) is 0. The van der Waals surface area contributed by atoms with E-state index in [1.807, 2.05) is 35.7 Å². The molecule has 0 aliphatic heterocycles. The van der Waals surface area contributed by atoms with Crippen LogP contribution in [0.1, 0.15) is 16.2 Å². The van der Waals surface area contributed by atoms with E-state index in [2.05, 4.69) is 15.3 Å². The number of thiazole rings is 1. The molecule has 0 aliphatic rings. The summed E-state index contributed by atoms with van der Waals surface area (Å²) in [5.74, 6) is 0. The first-order valence-corrected chi connectivity index (χ1v) is 6.56. The topological polar surface area (TPSA) is 60.7 Å². The first-order valence-electron chi connectivity index (χ1n) is 5.68. The zero-order valence-corrected chi connectivity index (χ0v) is 11.0. The lowest BCUT2D eigenvalue weighted by molar-refractivity contribution is 0.111.